The summed E-state index contributed by atoms with van der Waals surface area (Å²) in [6, 6.07) is 12.3. The number of sulfonamides is 1. The number of hydrogen-bond acceptors (Lipinski definition) is 5. The lowest BCUT2D eigenvalue weighted by Gasteiger charge is -2.27. The molecule has 176 valence electrons. The second kappa shape index (κ2) is 9.35. The van der Waals surface area contributed by atoms with Crippen LogP contribution in [0.4, 0.5) is 0 Å². The second-order valence-corrected chi connectivity index (χ2v) is 10.8. The van der Waals surface area contributed by atoms with Gasteiger partial charge in [0, 0.05) is 25.2 Å². The van der Waals surface area contributed by atoms with Gasteiger partial charge in [-0.1, -0.05) is 18.9 Å². The molecule has 2 saturated heterocycles. The molecule has 2 fully saturated rings. The highest BCUT2D eigenvalue weighted by molar-refractivity contribution is 7.89. The van der Waals surface area contributed by atoms with Crippen molar-refractivity contribution < 1.29 is 22.7 Å². The monoisotopic (exact) mass is 470 g/mol. The zero-order chi connectivity index (χ0) is 22.8. The Bertz CT molecular complexity index is 1110. The summed E-state index contributed by atoms with van der Waals surface area (Å²) in [5, 5.41) is 0. The number of likely N-dealkylation sites (tertiary alicyclic amines) is 1. The summed E-state index contributed by atoms with van der Waals surface area (Å²) in [5.74, 6) is 1.38. The molecular formula is C25H30N2O5S. The molecule has 3 aliphatic heterocycles. The van der Waals surface area contributed by atoms with Crippen molar-refractivity contribution in [1.29, 1.82) is 0 Å². The fraction of sp³-hybridized carbons (Fsp3) is 0.480. The largest absolute Gasteiger partial charge is 0.486 e. The Morgan fingerprint density at radius 2 is 1.52 bits per heavy atom. The van der Waals surface area contributed by atoms with Crippen LogP contribution in [0.1, 0.15) is 60.5 Å². The van der Waals surface area contributed by atoms with Gasteiger partial charge in [-0.3, -0.25) is 4.79 Å². The Balaban J connectivity index is 1.33. The van der Waals surface area contributed by atoms with Gasteiger partial charge in [-0.05, 0) is 67.6 Å². The number of hydrogen-bond donors (Lipinski definition) is 0. The first-order chi connectivity index (χ1) is 16.0. The molecule has 0 N–H and O–H groups in total. The lowest BCUT2D eigenvalue weighted by Crippen LogP contribution is -2.32. The zero-order valence-electron chi connectivity index (χ0n) is 18.7. The fourth-order valence-corrected chi connectivity index (χ4v) is 6.51. The molecule has 0 aliphatic carbocycles. The number of fused-ring (bicyclic) bond motifs is 1. The third-order valence-corrected chi connectivity index (χ3v) is 8.68. The molecule has 1 atom stereocenters. The predicted molar refractivity (Wildman–Crippen MR) is 124 cm³/mol. The zero-order valence-corrected chi connectivity index (χ0v) is 19.6. The Labute approximate surface area is 195 Å². The molecule has 0 spiro atoms. The van der Waals surface area contributed by atoms with E-state index < -0.39 is 10.0 Å². The summed E-state index contributed by atoms with van der Waals surface area (Å²) in [5.41, 5.74) is 1.54. The van der Waals surface area contributed by atoms with E-state index in [9.17, 15) is 13.2 Å². The van der Waals surface area contributed by atoms with Crippen LogP contribution in [0, 0.1) is 0 Å². The first-order valence-corrected chi connectivity index (χ1v) is 13.3. The van der Waals surface area contributed by atoms with E-state index in [0.717, 1.165) is 55.6 Å². The molecule has 8 heteroatoms. The van der Waals surface area contributed by atoms with E-state index in [4.69, 9.17) is 9.47 Å². The van der Waals surface area contributed by atoms with Gasteiger partial charge in [0.15, 0.2) is 11.5 Å². The van der Waals surface area contributed by atoms with Crippen LogP contribution >= 0.6 is 0 Å². The maximum atomic E-state index is 13.3. The molecule has 5 rings (SSSR count). The van der Waals surface area contributed by atoms with Gasteiger partial charge in [-0.15, -0.1) is 0 Å². The summed E-state index contributed by atoms with van der Waals surface area (Å²) in [6.45, 7) is 2.87. The second-order valence-electron chi connectivity index (χ2n) is 8.90. The molecule has 0 radical (unpaired) electrons. The summed E-state index contributed by atoms with van der Waals surface area (Å²) in [4.78, 5) is 15.5. The van der Waals surface area contributed by atoms with Crippen LogP contribution in [-0.4, -0.2) is 56.4 Å². The van der Waals surface area contributed by atoms with Crippen molar-refractivity contribution in [1.82, 2.24) is 9.21 Å². The van der Waals surface area contributed by atoms with Gasteiger partial charge in [0.2, 0.25) is 10.0 Å². The molecule has 3 heterocycles. The van der Waals surface area contributed by atoms with Crippen molar-refractivity contribution >= 4 is 15.9 Å². The maximum Gasteiger partial charge on any atom is 0.254 e. The van der Waals surface area contributed by atoms with Crippen LogP contribution < -0.4 is 9.47 Å². The molecule has 3 aliphatic rings. The molecular weight excluding hydrogens is 440 g/mol. The molecule has 2 aromatic carbocycles. The summed E-state index contributed by atoms with van der Waals surface area (Å²) >= 11 is 0. The van der Waals surface area contributed by atoms with Gasteiger partial charge in [0.25, 0.3) is 5.91 Å². The third-order valence-electron chi connectivity index (χ3n) is 6.77. The summed E-state index contributed by atoms with van der Waals surface area (Å²) in [6.07, 6.45) is 5.73. The molecule has 7 nitrogen and oxygen atoms in total. The minimum absolute atomic E-state index is 0.0335. The van der Waals surface area contributed by atoms with E-state index in [-0.39, 0.29) is 16.8 Å². The third kappa shape index (κ3) is 4.46. The van der Waals surface area contributed by atoms with Crippen LogP contribution in [0.15, 0.2) is 47.4 Å². The van der Waals surface area contributed by atoms with Gasteiger partial charge >= 0.3 is 0 Å². The smallest absolute Gasteiger partial charge is 0.254 e. The van der Waals surface area contributed by atoms with Crippen molar-refractivity contribution in [2.24, 2.45) is 0 Å². The van der Waals surface area contributed by atoms with Crippen LogP contribution in [0.2, 0.25) is 0 Å². The average Bonchev–Trinajstić information content (AvgIpc) is 3.17. The molecule has 0 aromatic heterocycles. The van der Waals surface area contributed by atoms with Crippen molar-refractivity contribution in [3.05, 3.63) is 53.6 Å². The van der Waals surface area contributed by atoms with E-state index in [0.29, 0.717) is 38.4 Å². The van der Waals surface area contributed by atoms with Gasteiger partial charge in [0.05, 0.1) is 10.9 Å². The quantitative estimate of drug-likeness (QED) is 0.675. The highest BCUT2D eigenvalue weighted by atomic mass is 32.2. The summed E-state index contributed by atoms with van der Waals surface area (Å²) in [7, 11) is -3.53. The average molecular weight is 471 g/mol. The van der Waals surface area contributed by atoms with E-state index >= 15 is 0 Å². The highest BCUT2D eigenvalue weighted by Gasteiger charge is 2.32. The number of rotatable bonds is 4. The molecule has 1 amide bonds. The maximum absolute atomic E-state index is 13.3. The van der Waals surface area contributed by atoms with E-state index in [1.807, 2.05) is 23.1 Å². The molecule has 0 saturated carbocycles. The number of amides is 1. The van der Waals surface area contributed by atoms with E-state index in [1.165, 1.54) is 0 Å². The van der Waals surface area contributed by atoms with Crippen LogP contribution in [0.25, 0.3) is 0 Å². The van der Waals surface area contributed by atoms with Crippen LogP contribution in [0.3, 0.4) is 0 Å². The van der Waals surface area contributed by atoms with E-state index in [2.05, 4.69) is 0 Å². The summed E-state index contributed by atoms with van der Waals surface area (Å²) < 4.78 is 39.0. The lowest BCUT2D eigenvalue weighted by molar-refractivity contribution is 0.0735. The van der Waals surface area contributed by atoms with Crippen molar-refractivity contribution in [3.8, 4) is 11.5 Å². The molecule has 0 bridgehead atoms. The van der Waals surface area contributed by atoms with Gasteiger partial charge in [-0.2, -0.15) is 4.31 Å². The first kappa shape index (κ1) is 22.2. The normalized spacial score (nSPS) is 21.6. The lowest BCUT2D eigenvalue weighted by atomic mass is 10.0. The van der Waals surface area contributed by atoms with Crippen LogP contribution in [-0.2, 0) is 10.0 Å². The number of ether oxygens (including phenoxy) is 2. The standard InChI is InChI=1S/C25H30N2O5S/c28-25(19-7-10-21(11-8-19)33(29,30)26-13-3-1-2-4-14-26)27-15-5-6-22(27)20-9-12-23-24(18-20)32-17-16-31-23/h7-12,18,22H,1-6,13-17H2/t22-/m1/s1. The Hall–Kier alpha value is -2.58. The SMILES string of the molecule is O=C(c1ccc(S(=O)(=O)N2CCCCCC2)cc1)N1CCC[C@@H]1c1ccc2c(c1)OCCO2. The number of benzene rings is 2. The van der Waals surface area contributed by atoms with Gasteiger partial charge in [0.1, 0.15) is 13.2 Å². The number of carbonyl (C=O) groups is 1. The minimum Gasteiger partial charge on any atom is -0.486 e. The Morgan fingerprint density at radius 1 is 0.818 bits per heavy atom. The molecule has 0 unspecified atom stereocenters. The van der Waals surface area contributed by atoms with E-state index in [1.54, 1.807) is 28.6 Å². The number of nitrogens with zero attached hydrogens (tertiary/aromatic N) is 2. The number of carbonyl (C=O) groups excluding carboxylic acids is 1. The highest BCUT2D eigenvalue weighted by Crippen LogP contribution is 2.38. The Kier molecular flexibility index (Phi) is 6.29. The van der Waals surface area contributed by atoms with Gasteiger partial charge in [-0.25, -0.2) is 8.42 Å². The first-order valence-electron chi connectivity index (χ1n) is 11.8. The van der Waals surface area contributed by atoms with Crippen molar-refractivity contribution in [3.63, 3.8) is 0 Å². The fourth-order valence-electron chi connectivity index (χ4n) is 4.99. The van der Waals surface area contributed by atoms with Gasteiger partial charge < -0.3 is 14.4 Å². The van der Waals surface area contributed by atoms with Crippen LogP contribution in [0.5, 0.6) is 11.5 Å². The topological polar surface area (TPSA) is 76.2 Å². The minimum atomic E-state index is -3.53. The van der Waals surface area contributed by atoms with Crippen molar-refractivity contribution in [2.45, 2.75) is 49.5 Å². The predicted octanol–water partition coefficient (Wildman–Crippen LogP) is 4.00. The van der Waals surface area contributed by atoms with Crippen molar-refractivity contribution in [2.75, 3.05) is 32.8 Å². The molecule has 2 aromatic rings. The molecule has 33 heavy (non-hydrogen) atoms. The Morgan fingerprint density at radius 3 is 2.24 bits per heavy atom.